The van der Waals surface area contributed by atoms with Gasteiger partial charge in [0.15, 0.2) is 5.82 Å². The van der Waals surface area contributed by atoms with Crippen LogP contribution >= 0.6 is 0 Å². The van der Waals surface area contributed by atoms with E-state index in [1.54, 1.807) is 6.33 Å². The number of hydrogen-bond donors (Lipinski definition) is 1. The molecule has 0 radical (unpaired) electrons. The van der Waals surface area contributed by atoms with Gasteiger partial charge in [0.1, 0.15) is 12.1 Å². The van der Waals surface area contributed by atoms with Crippen LogP contribution in [-0.2, 0) is 0 Å². The van der Waals surface area contributed by atoms with E-state index in [4.69, 9.17) is 0 Å². The minimum absolute atomic E-state index is 0.766. The van der Waals surface area contributed by atoms with Crippen molar-refractivity contribution in [2.45, 2.75) is 6.92 Å². The second-order valence-corrected chi connectivity index (χ2v) is 3.91. The van der Waals surface area contributed by atoms with E-state index in [1.165, 1.54) is 0 Å². The van der Waals surface area contributed by atoms with Crippen LogP contribution in [0.2, 0.25) is 0 Å². The molecule has 2 aromatic heterocycles. The van der Waals surface area contributed by atoms with Gasteiger partial charge in [-0.1, -0.05) is 18.2 Å². The molecule has 0 fully saturated rings. The summed E-state index contributed by atoms with van der Waals surface area (Å²) in [5.41, 5.74) is 1.04. The van der Waals surface area contributed by atoms with Crippen molar-refractivity contribution < 1.29 is 0 Å². The van der Waals surface area contributed by atoms with Crippen molar-refractivity contribution in [2.75, 3.05) is 11.9 Å². The van der Waals surface area contributed by atoms with E-state index in [9.17, 15) is 0 Å². The molecule has 0 amide bonds. The van der Waals surface area contributed by atoms with Crippen molar-refractivity contribution in [1.82, 2.24) is 19.7 Å². The molecule has 3 rings (SSSR count). The molecule has 2 heterocycles. The Hall–Kier alpha value is -2.43. The predicted molar refractivity (Wildman–Crippen MR) is 70.8 cm³/mol. The highest BCUT2D eigenvalue weighted by Crippen LogP contribution is 2.17. The number of fused-ring (bicyclic) bond motifs is 1. The molecule has 3 aromatic rings. The fourth-order valence-corrected chi connectivity index (χ4v) is 1.89. The Morgan fingerprint density at radius 3 is 3.00 bits per heavy atom. The molecule has 0 aliphatic rings. The summed E-state index contributed by atoms with van der Waals surface area (Å²) in [6.45, 7) is 2.86. The molecule has 0 spiro atoms. The molecule has 0 bridgehead atoms. The molecule has 0 saturated heterocycles. The van der Waals surface area contributed by atoms with Gasteiger partial charge in [-0.05, 0) is 13.0 Å². The molecule has 1 N–H and O–H groups in total. The summed E-state index contributed by atoms with van der Waals surface area (Å²) in [6.07, 6.45) is 3.38. The minimum Gasteiger partial charge on any atom is -0.370 e. The lowest BCUT2D eigenvalue weighted by Crippen LogP contribution is -2.04. The van der Waals surface area contributed by atoms with Gasteiger partial charge in [0.05, 0.1) is 11.7 Å². The van der Waals surface area contributed by atoms with Gasteiger partial charge >= 0.3 is 0 Å². The zero-order valence-corrected chi connectivity index (χ0v) is 10.0. The monoisotopic (exact) mass is 239 g/mol. The fraction of sp³-hybridized carbons (Fsp3) is 0.154. The highest BCUT2D eigenvalue weighted by molar-refractivity contribution is 5.79. The first kappa shape index (κ1) is 10.7. The highest BCUT2D eigenvalue weighted by Gasteiger charge is 2.06. The largest absolute Gasteiger partial charge is 0.370 e. The van der Waals surface area contributed by atoms with E-state index in [0.717, 1.165) is 29.1 Å². The third-order valence-corrected chi connectivity index (χ3v) is 2.70. The van der Waals surface area contributed by atoms with E-state index in [-0.39, 0.29) is 0 Å². The second kappa shape index (κ2) is 4.44. The Kier molecular flexibility index (Phi) is 2.64. The van der Waals surface area contributed by atoms with Gasteiger partial charge in [0.2, 0.25) is 0 Å². The lowest BCUT2D eigenvalue weighted by Gasteiger charge is -2.05. The zero-order valence-electron chi connectivity index (χ0n) is 10.0. The summed E-state index contributed by atoms with van der Waals surface area (Å²) in [7, 11) is 0. The van der Waals surface area contributed by atoms with Crippen LogP contribution in [0.25, 0.3) is 16.7 Å². The van der Waals surface area contributed by atoms with E-state index in [2.05, 4.69) is 20.4 Å². The Labute approximate surface area is 104 Å². The van der Waals surface area contributed by atoms with Crippen LogP contribution in [0.1, 0.15) is 6.92 Å². The molecular formula is C13H13N5. The molecule has 18 heavy (non-hydrogen) atoms. The van der Waals surface area contributed by atoms with Crippen LogP contribution in [0.4, 0.5) is 5.82 Å². The first-order chi connectivity index (χ1) is 8.88. The van der Waals surface area contributed by atoms with Crippen molar-refractivity contribution in [3.8, 4) is 5.82 Å². The highest BCUT2D eigenvalue weighted by atomic mass is 15.3. The standard InChI is InChI=1S/C13H13N5/c1-2-14-12-7-13(16-9-15-12)18-11-6-4-3-5-10(11)8-17-18/h3-9H,2H2,1H3,(H,14,15,16). The number of nitrogens with one attached hydrogen (secondary N) is 1. The summed E-state index contributed by atoms with van der Waals surface area (Å²) >= 11 is 0. The summed E-state index contributed by atoms with van der Waals surface area (Å²) in [5.74, 6) is 1.57. The van der Waals surface area contributed by atoms with E-state index in [1.807, 2.05) is 48.1 Å². The Balaban J connectivity index is 2.11. The number of aromatic nitrogens is 4. The average Bonchev–Trinajstić information content (AvgIpc) is 2.83. The molecule has 0 unspecified atom stereocenters. The van der Waals surface area contributed by atoms with Crippen LogP contribution in [0.3, 0.4) is 0 Å². The first-order valence-electron chi connectivity index (χ1n) is 5.87. The SMILES string of the molecule is CCNc1cc(-n2ncc3ccccc32)ncn1. The molecule has 0 atom stereocenters. The number of benzene rings is 1. The second-order valence-electron chi connectivity index (χ2n) is 3.91. The molecule has 90 valence electrons. The topological polar surface area (TPSA) is 55.6 Å². The molecule has 1 aromatic carbocycles. The molecular weight excluding hydrogens is 226 g/mol. The summed E-state index contributed by atoms with van der Waals surface area (Å²) in [4.78, 5) is 8.42. The van der Waals surface area contributed by atoms with E-state index in [0.29, 0.717) is 0 Å². The lowest BCUT2D eigenvalue weighted by molar-refractivity contribution is 0.865. The Morgan fingerprint density at radius 2 is 2.11 bits per heavy atom. The normalized spacial score (nSPS) is 10.7. The van der Waals surface area contributed by atoms with Gasteiger partial charge in [-0.3, -0.25) is 0 Å². The maximum atomic E-state index is 4.37. The molecule has 0 saturated carbocycles. The van der Waals surface area contributed by atoms with Crippen molar-refractivity contribution in [2.24, 2.45) is 0 Å². The maximum absolute atomic E-state index is 4.37. The number of anilines is 1. The van der Waals surface area contributed by atoms with Gasteiger partial charge in [-0.15, -0.1) is 0 Å². The lowest BCUT2D eigenvalue weighted by atomic mass is 10.2. The predicted octanol–water partition coefficient (Wildman–Crippen LogP) is 2.25. The van der Waals surface area contributed by atoms with Crippen molar-refractivity contribution in [3.63, 3.8) is 0 Å². The first-order valence-corrected chi connectivity index (χ1v) is 5.87. The van der Waals surface area contributed by atoms with Crippen molar-refractivity contribution in [1.29, 1.82) is 0 Å². The van der Waals surface area contributed by atoms with Gasteiger partial charge in [0, 0.05) is 18.0 Å². The van der Waals surface area contributed by atoms with Crippen LogP contribution in [0, 0.1) is 0 Å². The number of para-hydroxylation sites is 1. The van der Waals surface area contributed by atoms with Crippen LogP contribution in [0.15, 0.2) is 42.9 Å². The maximum Gasteiger partial charge on any atom is 0.159 e. The Bertz CT molecular complexity index is 674. The number of rotatable bonds is 3. The summed E-state index contributed by atoms with van der Waals surface area (Å²) in [5, 5.41) is 8.63. The van der Waals surface area contributed by atoms with Gasteiger partial charge in [-0.25, -0.2) is 14.6 Å². The van der Waals surface area contributed by atoms with Crippen LogP contribution in [0.5, 0.6) is 0 Å². The quantitative estimate of drug-likeness (QED) is 0.761. The summed E-state index contributed by atoms with van der Waals surface area (Å²) < 4.78 is 1.82. The Morgan fingerprint density at radius 1 is 1.22 bits per heavy atom. The third-order valence-electron chi connectivity index (χ3n) is 2.70. The van der Waals surface area contributed by atoms with Gasteiger partial charge in [0.25, 0.3) is 0 Å². The van der Waals surface area contributed by atoms with Gasteiger partial charge in [-0.2, -0.15) is 5.10 Å². The smallest absolute Gasteiger partial charge is 0.159 e. The molecule has 0 aliphatic heterocycles. The average molecular weight is 239 g/mol. The summed E-state index contributed by atoms with van der Waals surface area (Å²) in [6, 6.07) is 9.94. The third kappa shape index (κ3) is 1.79. The molecule has 0 aliphatic carbocycles. The van der Waals surface area contributed by atoms with E-state index >= 15 is 0 Å². The molecule has 5 nitrogen and oxygen atoms in total. The number of hydrogen-bond acceptors (Lipinski definition) is 4. The number of nitrogens with zero attached hydrogens (tertiary/aromatic N) is 4. The van der Waals surface area contributed by atoms with Gasteiger partial charge < -0.3 is 5.32 Å². The fourth-order valence-electron chi connectivity index (χ4n) is 1.89. The van der Waals surface area contributed by atoms with Crippen molar-refractivity contribution in [3.05, 3.63) is 42.9 Å². The molecule has 5 heteroatoms. The van der Waals surface area contributed by atoms with E-state index < -0.39 is 0 Å². The van der Waals surface area contributed by atoms with Crippen molar-refractivity contribution >= 4 is 16.7 Å². The van der Waals surface area contributed by atoms with Crippen LogP contribution in [-0.4, -0.2) is 26.3 Å². The minimum atomic E-state index is 0.766. The van der Waals surface area contributed by atoms with Crippen LogP contribution < -0.4 is 5.32 Å². The zero-order chi connectivity index (χ0) is 12.4.